The second-order valence-corrected chi connectivity index (χ2v) is 7.12. The largest absolute Gasteiger partial charge is 0.469 e. The summed E-state index contributed by atoms with van der Waals surface area (Å²) in [6.07, 6.45) is 10.2. The molecule has 5 nitrogen and oxygen atoms in total. The number of aliphatic hydroxyl groups excluding tert-OH is 2. The van der Waals surface area contributed by atoms with Crippen molar-refractivity contribution >= 4 is 5.97 Å². The van der Waals surface area contributed by atoms with Crippen molar-refractivity contribution in [3.63, 3.8) is 0 Å². The predicted molar refractivity (Wildman–Crippen MR) is 100 cm³/mol. The van der Waals surface area contributed by atoms with E-state index in [-0.39, 0.29) is 11.9 Å². The lowest BCUT2D eigenvalue weighted by Crippen LogP contribution is -2.12. The van der Waals surface area contributed by atoms with Gasteiger partial charge in [0.1, 0.15) is 11.5 Å². The molecule has 0 saturated carbocycles. The van der Waals surface area contributed by atoms with Crippen LogP contribution in [0.2, 0.25) is 0 Å². The van der Waals surface area contributed by atoms with Gasteiger partial charge in [-0.3, -0.25) is 4.79 Å². The van der Waals surface area contributed by atoms with Crippen LogP contribution in [0.4, 0.5) is 0 Å². The van der Waals surface area contributed by atoms with Gasteiger partial charge in [0.25, 0.3) is 0 Å². The van der Waals surface area contributed by atoms with Gasteiger partial charge >= 0.3 is 5.97 Å². The SMILES string of the molecule is CCCCC[C@@H](O)/C=C/[C@@H]1c2cc(CCCCC(=O)OC)oc2C[C@H]1O. The summed E-state index contributed by atoms with van der Waals surface area (Å²) in [5.74, 6) is 1.44. The molecular formula is C21H32O5. The van der Waals surface area contributed by atoms with Crippen LogP contribution in [-0.2, 0) is 22.4 Å². The van der Waals surface area contributed by atoms with Crippen LogP contribution in [0.3, 0.4) is 0 Å². The number of methoxy groups -OCH3 is 1. The van der Waals surface area contributed by atoms with E-state index in [2.05, 4.69) is 11.7 Å². The first-order valence-corrected chi connectivity index (χ1v) is 9.77. The number of hydrogen-bond acceptors (Lipinski definition) is 5. The molecule has 0 aromatic carbocycles. The molecule has 0 aliphatic heterocycles. The summed E-state index contributed by atoms with van der Waals surface area (Å²) < 4.78 is 10.5. The summed E-state index contributed by atoms with van der Waals surface area (Å²) in [5, 5.41) is 20.3. The molecule has 1 aliphatic rings. The van der Waals surface area contributed by atoms with Gasteiger partial charge in [0.15, 0.2) is 0 Å². The van der Waals surface area contributed by atoms with Gasteiger partial charge in [0.05, 0.1) is 19.3 Å². The molecule has 0 radical (unpaired) electrons. The third kappa shape index (κ3) is 5.99. The average Bonchev–Trinajstić information content (AvgIpc) is 3.13. The molecule has 0 spiro atoms. The van der Waals surface area contributed by atoms with Gasteiger partial charge < -0.3 is 19.4 Å². The van der Waals surface area contributed by atoms with Crippen LogP contribution in [0, 0.1) is 0 Å². The zero-order valence-electron chi connectivity index (χ0n) is 15.9. The number of esters is 1. The first-order valence-electron chi connectivity index (χ1n) is 9.77. The molecule has 0 bridgehead atoms. The van der Waals surface area contributed by atoms with Gasteiger partial charge in [-0.1, -0.05) is 38.3 Å². The number of unbranched alkanes of at least 4 members (excludes halogenated alkanes) is 3. The maximum Gasteiger partial charge on any atom is 0.305 e. The van der Waals surface area contributed by atoms with Crippen molar-refractivity contribution in [2.45, 2.75) is 82.8 Å². The molecule has 146 valence electrons. The second kappa shape index (κ2) is 10.5. The van der Waals surface area contributed by atoms with E-state index < -0.39 is 12.2 Å². The average molecular weight is 364 g/mol. The lowest BCUT2D eigenvalue weighted by atomic mass is 9.98. The summed E-state index contributed by atoms with van der Waals surface area (Å²) in [4.78, 5) is 11.1. The third-order valence-corrected chi connectivity index (χ3v) is 4.99. The Balaban J connectivity index is 1.86. The van der Waals surface area contributed by atoms with Crippen molar-refractivity contribution in [3.05, 3.63) is 35.3 Å². The molecule has 5 heteroatoms. The maximum absolute atomic E-state index is 11.1. The van der Waals surface area contributed by atoms with Crippen LogP contribution >= 0.6 is 0 Å². The molecule has 1 heterocycles. The van der Waals surface area contributed by atoms with Gasteiger partial charge in [-0.25, -0.2) is 0 Å². The number of ether oxygens (including phenoxy) is 1. The summed E-state index contributed by atoms with van der Waals surface area (Å²) in [6, 6.07) is 2.02. The highest BCUT2D eigenvalue weighted by molar-refractivity contribution is 5.68. The van der Waals surface area contributed by atoms with Gasteiger partial charge in [-0.15, -0.1) is 0 Å². The molecule has 1 aromatic rings. The summed E-state index contributed by atoms with van der Waals surface area (Å²) in [6.45, 7) is 2.14. The van der Waals surface area contributed by atoms with Crippen molar-refractivity contribution in [2.24, 2.45) is 0 Å². The second-order valence-electron chi connectivity index (χ2n) is 7.12. The van der Waals surface area contributed by atoms with E-state index >= 15 is 0 Å². The van der Waals surface area contributed by atoms with Crippen LogP contribution in [0.5, 0.6) is 0 Å². The highest BCUT2D eigenvalue weighted by atomic mass is 16.5. The van der Waals surface area contributed by atoms with E-state index in [0.717, 1.165) is 62.0 Å². The van der Waals surface area contributed by atoms with Crippen molar-refractivity contribution < 1.29 is 24.2 Å². The highest BCUT2D eigenvalue weighted by Crippen LogP contribution is 2.37. The standard InChI is InChI=1S/C21H32O5/c1-3-4-5-8-15(22)11-12-17-18-13-16(26-20(18)14-19(17)23)9-6-7-10-21(24)25-2/h11-13,15,17,19,22-23H,3-10,14H2,1-2H3/b12-11+/t15-,17-,19-/m1/s1. The Hall–Kier alpha value is -1.59. The first kappa shape index (κ1) is 20.7. The van der Waals surface area contributed by atoms with Crippen molar-refractivity contribution in [1.29, 1.82) is 0 Å². The van der Waals surface area contributed by atoms with E-state index in [9.17, 15) is 15.0 Å². The summed E-state index contributed by atoms with van der Waals surface area (Å²) in [7, 11) is 1.40. The lowest BCUT2D eigenvalue weighted by Gasteiger charge is -2.11. The maximum atomic E-state index is 11.1. The fourth-order valence-electron chi connectivity index (χ4n) is 3.44. The Morgan fingerprint density at radius 3 is 2.92 bits per heavy atom. The minimum atomic E-state index is -0.490. The molecule has 1 aromatic heterocycles. The van der Waals surface area contributed by atoms with Gasteiger partial charge in [0.2, 0.25) is 0 Å². The number of carbonyl (C=O) groups is 1. The number of fused-ring (bicyclic) bond motifs is 1. The molecule has 0 saturated heterocycles. The van der Waals surface area contributed by atoms with Gasteiger partial charge in [-0.2, -0.15) is 0 Å². The predicted octanol–water partition coefficient (Wildman–Crippen LogP) is 3.66. The molecule has 26 heavy (non-hydrogen) atoms. The minimum absolute atomic E-state index is 0.113. The smallest absolute Gasteiger partial charge is 0.305 e. The fraction of sp³-hybridized carbons (Fsp3) is 0.667. The molecule has 0 unspecified atom stereocenters. The monoisotopic (exact) mass is 364 g/mol. The van der Waals surface area contributed by atoms with E-state index in [1.54, 1.807) is 0 Å². The van der Waals surface area contributed by atoms with Crippen LogP contribution in [0.1, 0.15) is 74.9 Å². The first-order chi connectivity index (χ1) is 12.5. The molecule has 2 N–H and O–H groups in total. The topological polar surface area (TPSA) is 79.9 Å². The Morgan fingerprint density at radius 1 is 1.38 bits per heavy atom. The lowest BCUT2D eigenvalue weighted by molar-refractivity contribution is -0.140. The Bertz CT molecular complexity index is 589. The summed E-state index contributed by atoms with van der Waals surface area (Å²) >= 11 is 0. The third-order valence-electron chi connectivity index (χ3n) is 4.99. The summed E-state index contributed by atoms with van der Waals surface area (Å²) in [5.41, 5.74) is 1.03. The molecule has 1 aliphatic carbocycles. The van der Waals surface area contributed by atoms with Crippen LogP contribution in [0.15, 0.2) is 22.6 Å². The zero-order chi connectivity index (χ0) is 18.9. The number of aliphatic hydroxyl groups is 2. The van der Waals surface area contributed by atoms with E-state index in [4.69, 9.17) is 4.42 Å². The highest BCUT2D eigenvalue weighted by Gasteiger charge is 2.33. The molecule has 0 amide bonds. The van der Waals surface area contributed by atoms with Crippen LogP contribution < -0.4 is 0 Å². The Labute approximate surface area is 156 Å². The van der Waals surface area contributed by atoms with Crippen molar-refractivity contribution in [2.75, 3.05) is 7.11 Å². The Morgan fingerprint density at radius 2 is 2.19 bits per heavy atom. The van der Waals surface area contributed by atoms with Gasteiger partial charge in [0, 0.05) is 30.7 Å². The number of hydrogen-bond donors (Lipinski definition) is 2. The number of carbonyl (C=O) groups excluding carboxylic acids is 1. The number of rotatable bonds is 11. The van der Waals surface area contributed by atoms with Crippen LogP contribution in [-0.4, -0.2) is 35.5 Å². The molecule has 3 atom stereocenters. The number of furan rings is 1. The van der Waals surface area contributed by atoms with Gasteiger partial charge in [-0.05, 0) is 25.3 Å². The molecular weight excluding hydrogens is 332 g/mol. The fourth-order valence-corrected chi connectivity index (χ4v) is 3.44. The number of aryl methyl sites for hydroxylation is 1. The molecule has 0 fully saturated rings. The minimum Gasteiger partial charge on any atom is -0.469 e. The zero-order valence-corrected chi connectivity index (χ0v) is 15.9. The van der Waals surface area contributed by atoms with E-state index in [1.807, 2.05) is 18.2 Å². The van der Waals surface area contributed by atoms with Crippen molar-refractivity contribution in [3.8, 4) is 0 Å². The van der Waals surface area contributed by atoms with Crippen molar-refractivity contribution in [1.82, 2.24) is 0 Å². The Kier molecular flexibility index (Phi) is 8.39. The van der Waals surface area contributed by atoms with E-state index in [1.165, 1.54) is 7.11 Å². The van der Waals surface area contributed by atoms with Crippen LogP contribution in [0.25, 0.3) is 0 Å². The normalized spacial score (nSPS) is 20.5. The quantitative estimate of drug-likeness (QED) is 0.356. The van der Waals surface area contributed by atoms with E-state index in [0.29, 0.717) is 12.8 Å². The molecule has 2 rings (SSSR count).